The first-order valence-electron chi connectivity index (χ1n) is 11.6. The third kappa shape index (κ3) is 4.73. The molecule has 1 saturated carbocycles. The summed E-state index contributed by atoms with van der Waals surface area (Å²) < 4.78 is 0. The van der Waals surface area contributed by atoms with E-state index in [0.29, 0.717) is 28.5 Å². The van der Waals surface area contributed by atoms with E-state index in [4.69, 9.17) is 5.73 Å². The molecule has 0 saturated heterocycles. The maximum absolute atomic E-state index is 12.9. The number of fused-ring (bicyclic) bond motifs is 1. The Morgan fingerprint density at radius 2 is 1.71 bits per heavy atom. The lowest BCUT2D eigenvalue weighted by molar-refractivity contribution is -0.114. The third-order valence-corrected chi connectivity index (χ3v) is 6.85. The molecular weight excluding hydrogens is 384 g/mol. The van der Waals surface area contributed by atoms with Gasteiger partial charge in [0.2, 0.25) is 5.78 Å². The highest BCUT2D eigenvalue weighted by atomic mass is 16.1. The zero-order valence-electron chi connectivity index (χ0n) is 18.3. The molecule has 0 heterocycles. The predicted octanol–water partition coefficient (Wildman–Crippen LogP) is 5.70. The van der Waals surface area contributed by atoms with E-state index in [1.165, 1.54) is 69.1 Å². The van der Waals surface area contributed by atoms with Crippen molar-refractivity contribution in [1.82, 2.24) is 0 Å². The van der Waals surface area contributed by atoms with Crippen molar-refractivity contribution in [3.05, 3.63) is 76.7 Å². The molecule has 1 aromatic rings. The monoisotopic (exact) mass is 416 g/mol. The number of nitrogens with two attached hydrogens (primary N) is 1. The number of hydrogen-bond donors (Lipinski definition) is 2. The SMILES string of the molecule is CCCCC[C@H]1CC[C@H](c2ccc(NC3=CC=C4C(=O)C=CC(N)=C4C3=O)cc2)CC1. The summed E-state index contributed by atoms with van der Waals surface area (Å²) in [7, 11) is 0. The second-order valence-electron chi connectivity index (χ2n) is 8.98. The number of hydrogen-bond acceptors (Lipinski definition) is 4. The fourth-order valence-electron chi connectivity index (χ4n) is 4.97. The number of ketones is 2. The summed E-state index contributed by atoms with van der Waals surface area (Å²) in [5.74, 6) is 1.13. The van der Waals surface area contributed by atoms with Crippen LogP contribution in [0, 0.1) is 5.92 Å². The van der Waals surface area contributed by atoms with Gasteiger partial charge in [-0.15, -0.1) is 0 Å². The summed E-state index contributed by atoms with van der Waals surface area (Å²) >= 11 is 0. The molecule has 1 aromatic carbocycles. The van der Waals surface area contributed by atoms with Crippen molar-refractivity contribution in [3.63, 3.8) is 0 Å². The Hall–Kier alpha value is -2.88. The van der Waals surface area contributed by atoms with Gasteiger partial charge in [0.15, 0.2) is 5.78 Å². The summed E-state index contributed by atoms with van der Waals surface area (Å²) in [5.41, 5.74) is 9.66. The van der Waals surface area contributed by atoms with Crippen LogP contribution in [0.5, 0.6) is 0 Å². The van der Waals surface area contributed by atoms with Crippen LogP contribution in [-0.4, -0.2) is 11.6 Å². The highest BCUT2D eigenvalue weighted by Crippen LogP contribution is 2.38. The minimum Gasteiger partial charge on any atom is -0.398 e. The summed E-state index contributed by atoms with van der Waals surface area (Å²) in [4.78, 5) is 24.9. The molecular formula is C27H32N2O2. The summed E-state index contributed by atoms with van der Waals surface area (Å²) in [6.07, 6.45) is 16.9. The highest BCUT2D eigenvalue weighted by Gasteiger charge is 2.29. The van der Waals surface area contributed by atoms with E-state index in [0.717, 1.165) is 11.6 Å². The molecule has 0 bridgehead atoms. The summed E-state index contributed by atoms with van der Waals surface area (Å²) in [6, 6.07) is 8.44. The van der Waals surface area contributed by atoms with Crippen LogP contribution in [0.15, 0.2) is 71.1 Å². The van der Waals surface area contributed by atoms with Crippen LogP contribution in [0.25, 0.3) is 0 Å². The van der Waals surface area contributed by atoms with Gasteiger partial charge in [0.25, 0.3) is 0 Å². The maximum atomic E-state index is 12.9. The van der Waals surface area contributed by atoms with E-state index >= 15 is 0 Å². The van der Waals surface area contributed by atoms with E-state index in [1.54, 1.807) is 12.2 Å². The first kappa shape index (κ1) is 21.4. The smallest absolute Gasteiger partial charge is 0.211 e. The van der Waals surface area contributed by atoms with Gasteiger partial charge in [-0.05, 0) is 79.5 Å². The van der Waals surface area contributed by atoms with E-state index in [2.05, 4.69) is 24.4 Å². The van der Waals surface area contributed by atoms with Gasteiger partial charge < -0.3 is 11.1 Å². The normalized spacial score (nSPS) is 23.4. The van der Waals surface area contributed by atoms with Gasteiger partial charge in [-0.1, -0.05) is 44.7 Å². The number of Topliss-reactive ketones (excluding diaryl/α,β-unsaturated/α-hetero) is 1. The number of rotatable bonds is 7. The van der Waals surface area contributed by atoms with Gasteiger partial charge in [0, 0.05) is 17.0 Å². The van der Waals surface area contributed by atoms with Crippen molar-refractivity contribution in [1.29, 1.82) is 0 Å². The van der Waals surface area contributed by atoms with E-state index in [1.807, 2.05) is 12.1 Å². The molecule has 4 nitrogen and oxygen atoms in total. The Morgan fingerprint density at radius 1 is 0.968 bits per heavy atom. The second kappa shape index (κ2) is 9.51. The zero-order valence-corrected chi connectivity index (χ0v) is 18.3. The fourth-order valence-corrected chi connectivity index (χ4v) is 4.97. The van der Waals surface area contributed by atoms with Crippen LogP contribution >= 0.6 is 0 Å². The molecule has 3 aliphatic rings. The van der Waals surface area contributed by atoms with E-state index in [9.17, 15) is 9.59 Å². The molecule has 4 heteroatoms. The standard InChI is InChI=1S/C27H32N2O2/c1-2-3-4-5-18-6-8-19(9-7-18)20-10-12-21(13-11-20)29-24-16-14-22-25(30)17-15-23(28)26(22)27(24)31/h10-19,29H,2-9,28H2,1H3/t18-,19-. The molecule has 31 heavy (non-hydrogen) atoms. The highest BCUT2D eigenvalue weighted by molar-refractivity contribution is 6.25. The Morgan fingerprint density at radius 3 is 2.42 bits per heavy atom. The minimum atomic E-state index is -0.238. The summed E-state index contributed by atoms with van der Waals surface area (Å²) in [5, 5.41) is 3.21. The first-order chi connectivity index (χ1) is 15.1. The van der Waals surface area contributed by atoms with Crippen LogP contribution in [0.1, 0.15) is 69.8 Å². The third-order valence-electron chi connectivity index (χ3n) is 6.85. The van der Waals surface area contributed by atoms with Crippen LogP contribution in [0.4, 0.5) is 5.69 Å². The van der Waals surface area contributed by atoms with Crippen molar-refractivity contribution in [3.8, 4) is 0 Å². The molecule has 162 valence electrons. The van der Waals surface area contributed by atoms with Crippen molar-refractivity contribution < 1.29 is 9.59 Å². The molecule has 3 N–H and O–H groups in total. The van der Waals surface area contributed by atoms with Gasteiger partial charge in [0.05, 0.1) is 11.3 Å². The molecule has 0 amide bonds. The number of carbonyl (C=O) groups excluding carboxylic acids is 2. The van der Waals surface area contributed by atoms with Crippen LogP contribution in [0.3, 0.4) is 0 Å². The lowest BCUT2D eigenvalue weighted by Crippen LogP contribution is -2.25. The molecule has 1 fully saturated rings. The van der Waals surface area contributed by atoms with Crippen molar-refractivity contribution >= 4 is 17.3 Å². The molecule has 0 unspecified atom stereocenters. The molecule has 0 aliphatic heterocycles. The number of benzene rings is 1. The number of nitrogens with one attached hydrogen (secondary N) is 1. The molecule has 3 aliphatic carbocycles. The van der Waals surface area contributed by atoms with Crippen molar-refractivity contribution in [2.45, 2.75) is 64.2 Å². The van der Waals surface area contributed by atoms with Gasteiger partial charge in [-0.3, -0.25) is 9.59 Å². The lowest BCUT2D eigenvalue weighted by Gasteiger charge is -2.29. The van der Waals surface area contributed by atoms with E-state index in [-0.39, 0.29) is 11.6 Å². The number of anilines is 1. The minimum absolute atomic E-state index is 0.183. The second-order valence-corrected chi connectivity index (χ2v) is 8.98. The van der Waals surface area contributed by atoms with Gasteiger partial charge in [-0.25, -0.2) is 0 Å². The maximum Gasteiger partial charge on any atom is 0.211 e. The number of allylic oxidation sites excluding steroid dienone is 6. The quantitative estimate of drug-likeness (QED) is 0.560. The molecule has 0 atom stereocenters. The molecule has 0 aromatic heterocycles. The van der Waals surface area contributed by atoms with Gasteiger partial charge in [-0.2, -0.15) is 0 Å². The van der Waals surface area contributed by atoms with Crippen molar-refractivity contribution in [2.75, 3.05) is 5.32 Å². The Balaban J connectivity index is 1.37. The average molecular weight is 417 g/mol. The Bertz CT molecular complexity index is 971. The number of carbonyl (C=O) groups is 2. The van der Waals surface area contributed by atoms with Gasteiger partial charge in [0.1, 0.15) is 0 Å². The van der Waals surface area contributed by atoms with Crippen molar-refractivity contribution in [2.24, 2.45) is 11.7 Å². The Kier molecular flexibility index (Phi) is 6.55. The predicted molar refractivity (Wildman–Crippen MR) is 125 cm³/mol. The Labute approximate surface area is 185 Å². The fraction of sp³-hybridized carbons (Fsp3) is 0.407. The van der Waals surface area contributed by atoms with Crippen LogP contribution in [-0.2, 0) is 9.59 Å². The summed E-state index contributed by atoms with van der Waals surface area (Å²) in [6.45, 7) is 2.27. The first-order valence-corrected chi connectivity index (χ1v) is 11.6. The van der Waals surface area contributed by atoms with E-state index < -0.39 is 0 Å². The molecule has 0 spiro atoms. The topological polar surface area (TPSA) is 72.2 Å². The zero-order chi connectivity index (χ0) is 21.8. The average Bonchev–Trinajstić information content (AvgIpc) is 2.79. The van der Waals surface area contributed by atoms with Crippen LogP contribution < -0.4 is 11.1 Å². The molecule has 0 radical (unpaired) electrons. The van der Waals surface area contributed by atoms with Gasteiger partial charge >= 0.3 is 0 Å². The molecule has 4 rings (SSSR count). The lowest BCUT2D eigenvalue weighted by atomic mass is 9.77. The van der Waals surface area contributed by atoms with Crippen LogP contribution in [0.2, 0.25) is 0 Å². The number of unbranched alkanes of at least 4 members (excludes halogenated alkanes) is 2. The largest absolute Gasteiger partial charge is 0.398 e.